The SMILES string of the molecule is c1ccc(OCCOc2cccc(CNCc3cccnc3)c2)cc1. The molecule has 0 unspecified atom stereocenters. The lowest BCUT2D eigenvalue weighted by molar-refractivity contribution is 0.217. The molecule has 3 aromatic rings. The Balaban J connectivity index is 1.40. The molecule has 3 rings (SSSR count). The smallest absolute Gasteiger partial charge is 0.122 e. The maximum atomic E-state index is 5.77. The summed E-state index contributed by atoms with van der Waals surface area (Å²) in [4.78, 5) is 4.12. The van der Waals surface area contributed by atoms with Crippen LogP contribution in [-0.2, 0) is 13.1 Å². The lowest BCUT2D eigenvalue weighted by atomic mass is 10.2. The van der Waals surface area contributed by atoms with Crippen LogP contribution in [0.5, 0.6) is 11.5 Å². The van der Waals surface area contributed by atoms with Gasteiger partial charge in [0.2, 0.25) is 0 Å². The molecule has 4 nitrogen and oxygen atoms in total. The zero-order valence-corrected chi connectivity index (χ0v) is 14.1. The molecule has 0 saturated carbocycles. The molecule has 0 spiro atoms. The highest BCUT2D eigenvalue weighted by Gasteiger charge is 1.99. The van der Waals surface area contributed by atoms with E-state index in [4.69, 9.17) is 9.47 Å². The minimum atomic E-state index is 0.515. The van der Waals surface area contributed by atoms with Crippen molar-refractivity contribution < 1.29 is 9.47 Å². The van der Waals surface area contributed by atoms with Gasteiger partial charge in [-0.05, 0) is 41.5 Å². The average molecular weight is 334 g/mol. The second-order valence-corrected chi connectivity index (χ2v) is 5.62. The van der Waals surface area contributed by atoms with Crippen molar-refractivity contribution in [3.63, 3.8) is 0 Å². The third kappa shape index (κ3) is 5.94. The highest BCUT2D eigenvalue weighted by atomic mass is 16.5. The summed E-state index contributed by atoms with van der Waals surface area (Å²) >= 11 is 0. The number of rotatable bonds is 9. The molecule has 0 atom stereocenters. The third-order valence-corrected chi connectivity index (χ3v) is 3.64. The number of nitrogens with zero attached hydrogens (tertiary/aromatic N) is 1. The van der Waals surface area contributed by atoms with E-state index in [2.05, 4.69) is 28.5 Å². The van der Waals surface area contributed by atoms with Gasteiger partial charge in [0.15, 0.2) is 0 Å². The molecule has 1 N–H and O–H groups in total. The molecule has 0 saturated heterocycles. The Morgan fingerprint density at radius 1 is 0.720 bits per heavy atom. The van der Waals surface area contributed by atoms with Crippen molar-refractivity contribution in [2.24, 2.45) is 0 Å². The molecule has 0 aliphatic heterocycles. The Hall–Kier alpha value is -2.85. The van der Waals surface area contributed by atoms with Gasteiger partial charge in [0.1, 0.15) is 24.7 Å². The fraction of sp³-hybridized carbons (Fsp3) is 0.190. The number of para-hydroxylation sites is 1. The number of benzene rings is 2. The zero-order valence-electron chi connectivity index (χ0n) is 14.1. The van der Waals surface area contributed by atoms with Crippen molar-refractivity contribution in [2.75, 3.05) is 13.2 Å². The van der Waals surface area contributed by atoms with E-state index in [1.807, 2.05) is 54.7 Å². The van der Waals surface area contributed by atoms with E-state index in [-0.39, 0.29) is 0 Å². The van der Waals surface area contributed by atoms with Crippen LogP contribution >= 0.6 is 0 Å². The second kappa shape index (κ2) is 9.45. The summed E-state index contributed by atoms with van der Waals surface area (Å²) in [7, 11) is 0. The predicted octanol–water partition coefficient (Wildman–Crippen LogP) is 3.83. The first kappa shape index (κ1) is 17.0. The van der Waals surface area contributed by atoms with Crippen molar-refractivity contribution >= 4 is 0 Å². The normalized spacial score (nSPS) is 10.4. The van der Waals surface area contributed by atoms with Gasteiger partial charge in [-0.3, -0.25) is 4.98 Å². The van der Waals surface area contributed by atoms with Crippen LogP contribution in [0.25, 0.3) is 0 Å². The summed E-state index contributed by atoms with van der Waals surface area (Å²) in [6, 6.07) is 21.9. The van der Waals surface area contributed by atoms with E-state index in [0.29, 0.717) is 13.2 Å². The number of hydrogen-bond acceptors (Lipinski definition) is 4. The molecule has 128 valence electrons. The quantitative estimate of drug-likeness (QED) is 0.604. The minimum Gasteiger partial charge on any atom is -0.490 e. The van der Waals surface area contributed by atoms with Crippen LogP contribution in [0.2, 0.25) is 0 Å². The van der Waals surface area contributed by atoms with Crippen molar-refractivity contribution in [3.05, 3.63) is 90.3 Å². The van der Waals surface area contributed by atoms with Crippen molar-refractivity contribution in [1.82, 2.24) is 10.3 Å². The van der Waals surface area contributed by atoms with E-state index in [9.17, 15) is 0 Å². The standard InChI is InChI=1S/C21H22N2O2/c1-2-8-20(9-3-1)24-12-13-25-21-10-4-6-18(14-21)15-23-17-19-7-5-11-22-16-19/h1-11,14,16,23H,12-13,15,17H2. The highest BCUT2D eigenvalue weighted by molar-refractivity contribution is 5.28. The van der Waals surface area contributed by atoms with Crippen LogP contribution in [0, 0.1) is 0 Å². The number of aromatic nitrogens is 1. The van der Waals surface area contributed by atoms with E-state index >= 15 is 0 Å². The Morgan fingerprint density at radius 2 is 1.44 bits per heavy atom. The summed E-state index contributed by atoms with van der Waals surface area (Å²) in [5, 5.41) is 3.41. The van der Waals surface area contributed by atoms with Crippen LogP contribution in [0.15, 0.2) is 79.1 Å². The van der Waals surface area contributed by atoms with Crippen molar-refractivity contribution in [3.8, 4) is 11.5 Å². The van der Waals surface area contributed by atoms with Gasteiger partial charge >= 0.3 is 0 Å². The molecule has 0 bridgehead atoms. The molecule has 0 aliphatic carbocycles. The number of hydrogen-bond donors (Lipinski definition) is 1. The second-order valence-electron chi connectivity index (χ2n) is 5.62. The molecule has 0 fully saturated rings. The number of nitrogens with one attached hydrogen (secondary N) is 1. The van der Waals surface area contributed by atoms with Crippen molar-refractivity contribution in [1.29, 1.82) is 0 Å². The van der Waals surface area contributed by atoms with Gasteiger partial charge in [-0.2, -0.15) is 0 Å². The maximum absolute atomic E-state index is 5.77. The van der Waals surface area contributed by atoms with Gasteiger partial charge in [0.05, 0.1) is 0 Å². The molecule has 25 heavy (non-hydrogen) atoms. The Bertz CT molecular complexity index is 748. The van der Waals surface area contributed by atoms with E-state index in [1.54, 1.807) is 6.20 Å². The van der Waals surface area contributed by atoms with Gasteiger partial charge in [-0.25, -0.2) is 0 Å². The van der Waals surface area contributed by atoms with E-state index < -0.39 is 0 Å². The van der Waals surface area contributed by atoms with E-state index in [0.717, 1.165) is 24.6 Å². The minimum absolute atomic E-state index is 0.515. The molecular formula is C21H22N2O2. The van der Waals surface area contributed by atoms with Gasteiger partial charge in [0.25, 0.3) is 0 Å². The fourth-order valence-electron chi connectivity index (χ4n) is 2.43. The summed E-state index contributed by atoms with van der Waals surface area (Å²) in [6.45, 7) is 2.62. The largest absolute Gasteiger partial charge is 0.490 e. The molecule has 1 aromatic heterocycles. The lowest BCUT2D eigenvalue weighted by Gasteiger charge is -2.10. The number of ether oxygens (including phenoxy) is 2. The van der Waals surface area contributed by atoms with Gasteiger partial charge in [-0.1, -0.05) is 36.4 Å². The summed E-state index contributed by atoms with van der Waals surface area (Å²) in [6.07, 6.45) is 3.66. The molecule has 1 heterocycles. The molecular weight excluding hydrogens is 312 g/mol. The molecule has 2 aromatic carbocycles. The summed E-state index contributed by atoms with van der Waals surface area (Å²) in [5.74, 6) is 1.72. The highest BCUT2D eigenvalue weighted by Crippen LogP contribution is 2.14. The zero-order chi connectivity index (χ0) is 17.2. The van der Waals surface area contributed by atoms with Crippen LogP contribution in [0.3, 0.4) is 0 Å². The first-order chi connectivity index (χ1) is 12.4. The monoisotopic (exact) mass is 334 g/mol. The first-order valence-electron chi connectivity index (χ1n) is 8.39. The first-order valence-corrected chi connectivity index (χ1v) is 8.39. The summed E-state index contributed by atoms with van der Waals surface area (Å²) in [5.41, 5.74) is 2.36. The Kier molecular flexibility index (Phi) is 6.42. The third-order valence-electron chi connectivity index (χ3n) is 3.64. The van der Waals surface area contributed by atoms with Gasteiger partial charge in [0, 0.05) is 25.5 Å². The van der Waals surface area contributed by atoms with E-state index in [1.165, 1.54) is 11.1 Å². The van der Waals surface area contributed by atoms with Crippen LogP contribution in [0.4, 0.5) is 0 Å². The van der Waals surface area contributed by atoms with Crippen LogP contribution in [-0.4, -0.2) is 18.2 Å². The summed E-state index contributed by atoms with van der Waals surface area (Å²) < 4.78 is 11.4. The van der Waals surface area contributed by atoms with Gasteiger partial charge < -0.3 is 14.8 Å². The Labute approximate surface area is 148 Å². The Morgan fingerprint density at radius 3 is 2.24 bits per heavy atom. The number of pyridine rings is 1. The average Bonchev–Trinajstić information content (AvgIpc) is 2.67. The maximum Gasteiger partial charge on any atom is 0.122 e. The topological polar surface area (TPSA) is 43.4 Å². The van der Waals surface area contributed by atoms with Crippen molar-refractivity contribution in [2.45, 2.75) is 13.1 Å². The molecule has 0 aliphatic rings. The predicted molar refractivity (Wildman–Crippen MR) is 98.7 cm³/mol. The molecule has 0 amide bonds. The lowest BCUT2D eigenvalue weighted by Crippen LogP contribution is -2.13. The fourth-order valence-corrected chi connectivity index (χ4v) is 2.43. The molecule has 4 heteroatoms. The molecule has 0 radical (unpaired) electrons. The van der Waals surface area contributed by atoms with Gasteiger partial charge in [-0.15, -0.1) is 0 Å². The van der Waals surface area contributed by atoms with Crippen LogP contribution < -0.4 is 14.8 Å². The van der Waals surface area contributed by atoms with Crippen LogP contribution in [0.1, 0.15) is 11.1 Å².